The van der Waals surface area contributed by atoms with Crippen molar-refractivity contribution in [1.29, 1.82) is 0 Å². The van der Waals surface area contributed by atoms with Crippen LogP contribution < -0.4 is 20.1 Å². The zero-order valence-corrected chi connectivity index (χ0v) is 45.4. The van der Waals surface area contributed by atoms with Crippen molar-refractivity contribution in [2.24, 2.45) is 46.3 Å². The molecule has 1 heterocycles. The van der Waals surface area contributed by atoms with Gasteiger partial charge >= 0.3 is 0 Å². The Balaban J connectivity index is 0.934. The van der Waals surface area contributed by atoms with Gasteiger partial charge in [-0.05, 0) is 159 Å². The van der Waals surface area contributed by atoms with E-state index in [1.165, 1.54) is 75.6 Å². The molecule has 10 rings (SSSR count). The molecule has 0 aliphatic heterocycles. The van der Waals surface area contributed by atoms with Crippen LogP contribution in [0.2, 0.25) is 0 Å². The molecule has 408 valence electrons. The molecule has 77 heavy (non-hydrogen) atoms. The molecule has 0 radical (unpaired) electrons. The standard InChI is InChI=1S/C64H77N3O10/c1-36(2)8-6-9-37(3)53-14-15-54-52-13-12-49-33-51(16-18-63(49,4)55(52)17-19-64(53,54)5)67-34-50(65-66-67)35-77-62-41-10-7-11-42(62)30-44-21-39(27-57(70)71)23-46(60(44)75)32-48-25-40(28-58(72)73)24-47(61(48)76)31-45-22-38(26-56(68)69)20-43(29-41)59(45)74/h7,10-12,20-25,34,36-37,51-55,74-76H,6,8-9,13-19,26-33,35H2,1-5H3,(H,68,69)(H,70,71)(H,72,73)/p-3/t37-,51-,52+,53-,54+,55+,63+,64-/m1/s1. The van der Waals surface area contributed by atoms with Gasteiger partial charge in [-0.15, -0.1) is 5.10 Å². The summed E-state index contributed by atoms with van der Waals surface area (Å²) < 4.78 is 8.78. The van der Waals surface area contributed by atoms with Gasteiger partial charge in [0.15, 0.2) is 0 Å². The highest BCUT2D eigenvalue weighted by Crippen LogP contribution is 2.68. The number of fused-ring (bicyclic) bond motifs is 13. The fraction of sp³-hybridized carbons (Fsp3) is 0.516. The number of nitrogens with zero attached hydrogens (tertiary/aromatic N) is 3. The molecule has 0 amide bonds. The first kappa shape index (κ1) is 53.8. The lowest BCUT2D eigenvalue weighted by Gasteiger charge is -2.58. The van der Waals surface area contributed by atoms with Crippen molar-refractivity contribution in [1.82, 2.24) is 15.0 Å². The molecule has 0 saturated heterocycles. The lowest BCUT2D eigenvalue weighted by molar-refractivity contribution is -0.306. The minimum atomic E-state index is -1.37. The van der Waals surface area contributed by atoms with Gasteiger partial charge in [0.25, 0.3) is 0 Å². The number of ether oxygens (including phenoxy) is 1. The van der Waals surface area contributed by atoms with Crippen molar-refractivity contribution in [3.05, 3.63) is 139 Å². The van der Waals surface area contributed by atoms with Crippen LogP contribution in [0.3, 0.4) is 0 Å². The van der Waals surface area contributed by atoms with E-state index in [1.54, 1.807) is 17.7 Å². The number of hydrogen-bond donors (Lipinski definition) is 3. The van der Waals surface area contributed by atoms with Crippen LogP contribution in [-0.4, -0.2) is 48.2 Å². The van der Waals surface area contributed by atoms with E-state index in [1.807, 2.05) is 29.1 Å². The second kappa shape index (κ2) is 21.7. The van der Waals surface area contributed by atoms with Gasteiger partial charge in [0.05, 0.1) is 12.2 Å². The van der Waals surface area contributed by atoms with Gasteiger partial charge in [0.1, 0.15) is 35.3 Å². The molecule has 5 aliphatic rings. The summed E-state index contributed by atoms with van der Waals surface area (Å²) in [6.45, 7) is 12.5. The predicted octanol–water partition coefficient (Wildman–Crippen LogP) is 8.11. The van der Waals surface area contributed by atoms with Crippen LogP contribution in [-0.2, 0) is 65.9 Å². The molecule has 8 atom stereocenters. The van der Waals surface area contributed by atoms with E-state index in [-0.39, 0.29) is 88.8 Å². The van der Waals surface area contributed by atoms with Crippen LogP contribution in [0.15, 0.2) is 72.4 Å². The molecule has 13 nitrogen and oxygen atoms in total. The zero-order chi connectivity index (χ0) is 54.5. The van der Waals surface area contributed by atoms with Crippen LogP contribution >= 0.6 is 0 Å². The highest BCUT2D eigenvalue weighted by Gasteiger charge is 2.59. The molecule has 0 unspecified atom stereocenters. The van der Waals surface area contributed by atoms with Gasteiger partial charge in [-0.25, -0.2) is 4.68 Å². The number of phenols is 3. The fourth-order valence-corrected chi connectivity index (χ4v) is 15.6. The van der Waals surface area contributed by atoms with Crippen LogP contribution in [0, 0.1) is 46.3 Å². The normalized spacial score (nSPS) is 25.0. The Morgan fingerprint density at radius 2 is 1.21 bits per heavy atom. The molecular weight excluding hydrogens is 971 g/mol. The monoisotopic (exact) mass is 1040 g/mol. The Labute approximate surface area is 452 Å². The number of phenolic OH excluding ortho intramolecular Hbond substituents is 3. The number of aromatic nitrogens is 3. The molecule has 1 aromatic heterocycles. The minimum absolute atomic E-state index is 0.0322. The maximum Gasteiger partial charge on any atom is 0.134 e. The SMILES string of the molecule is CC(C)CCC[C@@H](C)[C@H]1CC[C@H]2[C@@H]3CC=C4C[C@H](n5cc(COc6c7cccc6Cc6cc(CC(=O)[O-])cc(c6O)Cc6cc(CC(=O)[O-])cc(c6O)Cc6cc(CC(=O)[O-])cc(c6O)C7)nn5)CC[C@]4(C)[C@H]3CC[C@]12C. The lowest BCUT2D eigenvalue weighted by Crippen LogP contribution is -2.50. The van der Waals surface area contributed by atoms with E-state index in [9.17, 15) is 45.0 Å². The third-order valence-electron chi connectivity index (χ3n) is 19.3. The van der Waals surface area contributed by atoms with Gasteiger partial charge in [0, 0.05) is 62.9 Å². The fourth-order valence-electron chi connectivity index (χ4n) is 15.6. The maximum absolute atomic E-state index is 12.0. The number of carbonyl (C=O) groups is 3. The molecule has 3 N–H and O–H groups in total. The maximum atomic E-state index is 12.0. The van der Waals surface area contributed by atoms with Crippen molar-refractivity contribution in [3.8, 4) is 23.0 Å². The molecule has 5 aromatic rings. The molecule has 3 fully saturated rings. The summed E-state index contributed by atoms with van der Waals surface area (Å²) in [5.74, 6) is 0.524. The number of carboxylic acid groups (broad SMARTS) is 3. The summed E-state index contributed by atoms with van der Waals surface area (Å²) in [6, 6.07) is 14.9. The van der Waals surface area contributed by atoms with E-state index in [0.29, 0.717) is 56.2 Å². The highest BCUT2D eigenvalue weighted by molar-refractivity contribution is 5.71. The van der Waals surface area contributed by atoms with Crippen LogP contribution in [0.25, 0.3) is 0 Å². The Hall–Kier alpha value is -6.63. The minimum Gasteiger partial charge on any atom is -0.550 e. The largest absolute Gasteiger partial charge is 0.550 e. The lowest BCUT2D eigenvalue weighted by atomic mass is 9.47. The first-order chi connectivity index (χ1) is 36.8. The quantitative estimate of drug-likeness (QED) is 0.0831. The van der Waals surface area contributed by atoms with Crippen molar-refractivity contribution in [2.75, 3.05) is 0 Å². The first-order valence-corrected chi connectivity index (χ1v) is 28.2. The van der Waals surface area contributed by atoms with Crippen LogP contribution in [0.1, 0.15) is 178 Å². The van der Waals surface area contributed by atoms with Crippen molar-refractivity contribution in [3.63, 3.8) is 0 Å². The topological polar surface area (TPSA) is 221 Å². The van der Waals surface area contributed by atoms with Crippen molar-refractivity contribution < 1.29 is 49.8 Å². The van der Waals surface area contributed by atoms with Gasteiger partial charge < -0.3 is 49.8 Å². The molecule has 13 heteroatoms. The average Bonchev–Trinajstić information content (AvgIpc) is 4.19. The molecule has 5 aliphatic carbocycles. The number of carboxylic acids is 3. The molecule has 3 saturated carbocycles. The number of benzene rings is 4. The number of carbonyl (C=O) groups excluding carboxylic acids is 3. The summed E-state index contributed by atoms with van der Waals surface area (Å²) in [5.41, 5.74) is 6.81. The van der Waals surface area contributed by atoms with Crippen LogP contribution in [0.5, 0.6) is 23.0 Å². The molecule has 0 spiro atoms. The Morgan fingerprint density at radius 3 is 1.71 bits per heavy atom. The Kier molecular flexibility index (Phi) is 15.1. The van der Waals surface area contributed by atoms with Crippen molar-refractivity contribution in [2.45, 2.75) is 163 Å². The van der Waals surface area contributed by atoms with E-state index in [4.69, 9.17) is 9.95 Å². The second-order valence-corrected chi connectivity index (χ2v) is 24.7. The van der Waals surface area contributed by atoms with Crippen LogP contribution in [0.4, 0.5) is 0 Å². The third-order valence-corrected chi connectivity index (χ3v) is 19.3. The van der Waals surface area contributed by atoms with E-state index >= 15 is 0 Å². The number of rotatable bonds is 15. The van der Waals surface area contributed by atoms with E-state index in [0.717, 1.165) is 48.9 Å². The van der Waals surface area contributed by atoms with Crippen molar-refractivity contribution >= 4 is 17.9 Å². The number of para-hydroxylation sites is 1. The zero-order valence-electron chi connectivity index (χ0n) is 45.4. The summed E-state index contributed by atoms with van der Waals surface area (Å²) in [7, 11) is 0. The molecule has 4 aromatic carbocycles. The van der Waals surface area contributed by atoms with Gasteiger partial charge in [-0.1, -0.05) is 125 Å². The smallest absolute Gasteiger partial charge is 0.134 e. The summed E-state index contributed by atoms with van der Waals surface area (Å²) in [5, 5.41) is 81.1. The average molecular weight is 1050 g/mol. The van der Waals surface area contributed by atoms with Gasteiger partial charge in [0.2, 0.25) is 0 Å². The molecular formula is C64H74N3O10-3. The van der Waals surface area contributed by atoms with E-state index < -0.39 is 37.2 Å². The summed E-state index contributed by atoms with van der Waals surface area (Å²) in [4.78, 5) is 35.9. The highest BCUT2D eigenvalue weighted by atomic mass is 16.5. The third kappa shape index (κ3) is 11.0. The molecule has 8 bridgehead atoms. The Morgan fingerprint density at radius 1 is 0.688 bits per heavy atom. The number of aromatic hydroxyl groups is 3. The Bertz CT molecular complexity index is 3000. The number of hydrogen-bond acceptors (Lipinski definition) is 12. The summed E-state index contributed by atoms with van der Waals surface area (Å²) in [6.07, 6.45) is 16.7. The van der Waals surface area contributed by atoms with Gasteiger partial charge in [-0.3, -0.25) is 0 Å². The predicted molar refractivity (Wildman–Crippen MR) is 285 cm³/mol. The first-order valence-electron chi connectivity index (χ1n) is 28.2. The van der Waals surface area contributed by atoms with E-state index in [2.05, 4.69) is 45.8 Å². The summed E-state index contributed by atoms with van der Waals surface area (Å²) >= 11 is 0. The number of aliphatic carboxylic acids is 3. The van der Waals surface area contributed by atoms with Gasteiger partial charge in [-0.2, -0.15) is 0 Å². The number of allylic oxidation sites excluding steroid dienone is 2. The second-order valence-electron chi connectivity index (χ2n) is 24.7.